The summed E-state index contributed by atoms with van der Waals surface area (Å²) in [4.78, 5) is 4.09. The van der Waals surface area contributed by atoms with Crippen LogP contribution in [0.1, 0.15) is 45.0 Å². The molecule has 1 aromatic carbocycles. The van der Waals surface area contributed by atoms with Crippen molar-refractivity contribution in [1.29, 1.82) is 0 Å². The van der Waals surface area contributed by atoms with E-state index in [1.54, 1.807) is 4.90 Å². The van der Waals surface area contributed by atoms with Crippen molar-refractivity contribution < 1.29 is 9.64 Å². The summed E-state index contributed by atoms with van der Waals surface area (Å²) in [6.45, 7) is 10.6. The predicted molar refractivity (Wildman–Crippen MR) is 108 cm³/mol. The summed E-state index contributed by atoms with van der Waals surface area (Å²) in [5.74, 6) is 1.64. The number of para-hydroxylation sites is 1. The van der Waals surface area contributed by atoms with Crippen LogP contribution in [0.25, 0.3) is 0 Å². The number of tetrazole rings is 1. The van der Waals surface area contributed by atoms with Crippen LogP contribution < -0.4 is 9.80 Å². The Morgan fingerprint density at radius 3 is 2.64 bits per heavy atom. The fourth-order valence-corrected chi connectivity index (χ4v) is 4.54. The fraction of sp³-hybridized carbons (Fsp3) is 0.667. The van der Waals surface area contributed by atoms with Gasteiger partial charge in [-0.25, -0.2) is 4.68 Å². The Morgan fingerprint density at radius 1 is 1.18 bits per heavy atom. The van der Waals surface area contributed by atoms with Crippen molar-refractivity contribution in [1.82, 2.24) is 20.2 Å². The number of aromatic nitrogens is 4. The molecule has 0 bridgehead atoms. The van der Waals surface area contributed by atoms with Gasteiger partial charge in [-0.05, 0) is 41.3 Å². The van der Waals surface area contributed by atoms with Gasteiger partial charge in [0.2, 0.25) is 5.82 Å². The summed E-state index contributed by atoms with van der Waals surface area (Å²) in [6, 6.07) is 11.1. The van der Waals surface area contributed by atoms with Crippen LogP contribution in [0.4, 0.5) is 5.69 Å². The molecule has 152 valence electrons. The highest BCUT2D eigenvalue weighted by atomic mass is 16.5. The van der Waals surface area contributed by atoms with Gasteiger partial charge in [-0.2, -0.15) is 0 Å². The van der Waals surface area contributed by atoms with E-state index < -0.39 is 0 Å². The Labute approximate surface area is 167 Å². The maximum atomic E-state index is 5.82. The van der Waals surface area contributed by atoms with Gasteiger partial charge in [0, 0.05) is 18.7 Å². The van der Waals surface area contributed by atoms with Gasteiger partial charge in [-0.3, -0.25) is 0 Å². The number of anilines is 1. The standard InChI is InChI=1S/C21H32N6O/c1-17(2)15-20(21-22-23-24-27(21)16-19-9-6-14-28-19)26-12-10-25(11-13-26)18-7-4-3-5-8-18/h3-5,7-8,17,19-20H,6,9-16H2,1-2H3/p+1/t19-,20-/m1/s1. The number of quaternary nitrogens is 1. The first kappa shape index (κ1) is 19.3. The zero-order valence-electron chi connectivity index (χ0n) is 17.1. The third kappa shape index (κ3) is 4.52. The third-order valence-electron chi connectivity index (χ3n) is 6.00. The van der Waals surface area contributed by atoms with Gasteiger partial charge in [0.05, 0.1) is 38.8 Å². The van der Waals surface area contributed by atoms with Crippen LogP contribution in [0.2, 0.25) is 0 Å². The monoisotopic (exact) mass is 385 g/mol. The molecule has 2 fully saturated rings. The Hall–Kier alpha value is -1.99. The molecule has 1 aromatic heterocycles. The van der Waals surface area contributed by atoms with Crippen molar-refractivity contribution >= 4 is 5.69 Å². The maximum absolute atomic E-state index is 5.82. The first-order chi connectivity index (χ1) is 13.7. The molecule has 28 heavy (non-hydrogen) atoms. The van der Waals surface area contributed by atoms with Gasteiger partial charge in [0.15, 0.2) is 0 Å². The maximum Gasteiger partial charge on any atom is 0.209 e. The molecular weight excluding hydrogens is 352 g/mol. The van der Waals surface area contributed by atoms with Crippen LogP contribution in [0.3, 0.4) is 0 Å². The molecule has 7 heteroatoms. The van der Waals surface area contributed by atoms with Crippen LogP contribution in [0, 0.1) is 5.92 Å². The SMILES string of the molecule is CC(C)C[C@H](c1nnnn1C[C@H]1CCCO1)[NH+]1CCN(c2ccccc2)CC1. The molecule has 0 radical (unpaired) electrons. The summed E-state index contributed by atoms with van der Waals surface area (Å²) in [7, 11) is 0. The van der Waals surface area contributed by atoms with Gasteiger partial charge in [0.1, 0.15) is 6.04 Å². The number of nitrogens with zero attached hydrogens (tertiary/aromatic N) is 5. The van der Waals surface area contributed by atoms with E-state index in [0.717, 1.165) is 64.4 Å². The average molecular weight is 386 g/mol. The van der Waals surface area contributed by atoms with Crippen molar-refractivity contribution in [3.63, 3.8) is 0 Å². The molecule has 4 rings (SSSR count). The van der Waals surface area contributed by atoms with Gasteiger partial charge >= 0.3 is 0 Å². The van der Waals surface area contributed by atoms with Crippen molar-refractivity contribution in [3.8, 4) is 0 Å². The lowest BCUT2D eigenvalue weighted by Crippen LogP contribution is -3.15. The second-order valence-electron chi connectivity index (χ2n) is 8.52. The lowest BCUT2D eigenvalue weighted by molar-refractivity contribution is -0.934. The minimum Gasteiger partial charge on any atom is -0.376 e. The summed E-state index contributed by atoms with van der Waals surface area (Å²) < 4.78 is 7.83. The second kappa shape index (κ2) is 9.01. The second-order valence-corrected chi connectivity index (χ2v) is 8.52. The molecule has 2 atom stereocenters. The van der Waals surface area contributed by atoms with Gasteiger partial charge in [0.25, 0.3) is 0 Å². The van der Waals surface area contributed by atoms with E-state index in [9.17, 15) is 0 Å². The number of benzene rings is 1. The largest absolute Gasteiger partial charge is 0.376 e. The first-order valence-electron chi connectivity index (χ1n) is 10.7. The highest BCUT2D eigenvalue weighted by Gasteiger charge is 2.34. The number of nitrogens with one attached hydrogen (secondary N) is 1. The summed E-state index contributed by atoms with van der Waals surface area (Å²) in [5, 5.41) is 12.8. The Kier molecular flexibility index (Phi) is 6.22. The molecule has 0 saturated carbocycles. The van der Waals surface area contributed by atoms with Crippen LogP contribution in [-0.2, 0) is 11.3 Å². The van der Waals surface area contributed by atoms with Gasteiger partial charge in [-0.15, -0.1) is 5.10 Å². The smallest absolute Gasteiger partial charge is 0.209 e. The molecule has 0 unspecified atom stereocenters. The number of hydrogen-bond acceptors (Lipinski definition) is 5. The molecule has 1 N–H and O–H groups in total. The predicted octanol–water partition coefficient (Wildman–Crippen LogP) is 1.34. The lowest BCUT2D eigenvalue weighted by atomic mass is 10.0. The number of ether oxygens (including phenoxy) is 1. The molecule has 3 heterocycles. The summed E-state index contributed by atoms with van der Waals surface area (Å²) >= 11 is 0. The van der Waals surface area contributed by atoms with E-state index in [1.807, 2.05) is 4.68 Å². The molecule has 0 spiro atoms. The highest BCUT2D eigenvalue weighted by molar-refractivity contribution is 5.46. The Morgan fingerprint density at radius 2 is 1.96 bits per heavy atom. The minimum absolute atomic E-state index is 0.256. The van der Waals surface area contributed by atoms with E-state index in [4.69, 9.17) is 4.74 Å². The van der Waals surface area contributed by atoms with Crippen molar-refractivity contribution in [2.75, 3.05) is 37.7 Å². The van der Waals surface area contributed by atoms with Crippen LogP contribution in [0.5, 0.6) is 0 Å². The fourth-order valence-electron chi connectivity index (χ4n) is 4.54. The van der Waals surface area contributed by atoms with E-state index in [0.29, 0.717) is 12.0 Å². The normalized spacial score (nSPS) is 22.1. The number of rotatable bonds is 7. The van der Waals surface area contributed by atoms with Crippen LogP contribution in [-0.4, -0.2) is 59.1 Å². The molecular formula is C21H33N6O+. The van der Waals surface area contributed by atoms with Crippen molar-refractivity contribution in [2.45, 2.75) is 51.8 Å². The summed E-state index contributed by atoms with van der Waals surface area (Å²) in [6.07, 6.45) is 3.61. The molecule has 0 amide bonds. The molecule has 7 nitrogen and oxygen atoms in total. The molecule has 2 aliphatic rings. The molecule has 2 saturated heterocycles. The van der Waals surface area contributed by atoms with Gasteiger partial charge in [-0.1, -0.05) is 32.0 Å². The van der Waals surface area contributed by atoms with E-state index in [1.165, 1.54) is 5.69 Å². The average Bonchev–Trinajstić information content (AvgIpc) is 3.39. The summed E-state index contributed by atoms with van der Waals surface area (Å²) in [5.41, 5.74) is 1.32. The lowest BCUT2D eigenvalue weighted by Gasteiger charge is -2.37. The van der Waals surface area contributed by atoms with Crippen LogP contribution in [0.15, 0.2) is 30.3 Å². The topological polar surface area (TPSA) is 60.5 Å². The zero-order valence-corrected chi connectivity index (χ0v) is 17.1. The van der Waals surface area contributed by atoms with E-state index in [-0.39, 0.29) is 6.10 Å². The highest BCUT2D eigenvalue weighted by Crippen LogP contribution is 2.20. The quantitative estimate of drug-likeness (QED) is 0.780. The Balaban J connectivity index is 1.46. The molecule has 2 aliphatic heterocycles. The van der Waals surface area contributed by atoms with E-state index >= 15 is 0 Å². The third-order valence-corrected chi connectivity index (χ3v) is 6.00. The van der Waals surface area contributed by atoms with Gasteiger partial charge < -0.3 is 14.5 Å². The zero-order chi connectivity index (χ0) is 19.3. The number of hydrogen-bond donors (Lipinski definition) is 1. The van der Waals surface area contributed by atoms with Crippen LogP contribution >= 0.6 is 0 Å². The Bertz CT molecular complexity index is 720. The minimum atomic E-state index is 0.256. The van der Waals surface area contributed by atoms with Crippen molar-refractivity contribution in [2.24, 2.45) is 5.92 Å². The first-order valence-corrected chi connectivity index (χ1v) is 10.7. The molecule has 0 aliphatic carbocycles. The van der Waals surface area contributed by atoms with Crippen molar-refractivity contribution in [3.05, 3.63) is 36.2 Å². The molecule has 2 aromatic rings. The number of piperazine rings is 1. The van der Waals surface area contributed by atoms with E-state index in [2.05, 4.69) is 64.6 Å².